The lowest BCUT2D eigenvalue weighted by molar-refractivity contribution is 0.0743. The van der Waals surface area contributed by atoms with Crippen LogP contribution in [0.4, 0.5) is 5.82 Å². The average molecular weight is 191 g/mol. The van der Waals surface area contributed by atoms with E-state index in [1.54, 1.807) is 0 Å². The van der Waals surface area contributed by atoms with Gasteiger partial charge in [0.15, 0.2) is 11.5 Å². The summed E-state index contributed by atoms with van der Waals surface area (Å²) in [5.41, 5.74) is 6.66. The molecule has 1 aliphatic rings. The maximum absolute atomic E-state index is 11.1. The number of carbonyl (C=O) groups is 1. The number of hydrogen-bond donors (Lipinski definition) is 1. The van der Waals surface area contributed by atoms with Gasteiger partial charge >= 0.3 is 14.0 Å². The summed E-state index contributed by atoms with van der Waals surface area (Å²) in [5, 5.41) is 0. The van der Waals surface area contributed by atoms with Crippen molar-refractivity contribution < 1.29 is 14.2 Å². The van der Waals surface area contributed by atoms with E-state index in [2.05, 4.69) is 14.6 Å². The maximum Gasteiger partial charge on any atom is 0.378 e. The Morgan fingerprint density at radius 3 is 2.71 bits per heavy atom. The quantitative estimate of drug-likeness (QED) is 0.592. The molecule has 7 heteroatoms. The number of aromatic nitrogens is 2. The van der Waals surface area contributed by atoms with Crippen LogP contribution in [-0.4, -0.2) is 24.0 Å². The molecule has 1 aromatic heterocycles. The normalized spacial score (nSPS) is 13.7. The summed E-state index contributed by atoms with van der Waals surface area (Å²) in [4.78, 5) is 19.0. The Balaban J connectivity index is 2.47. The molecule has 0 bridgehead atoms. The second-order valence-corrected chi connectivity index (χ2v) is 2.75. The van der Waals surface area contributed by atoms with E-state index in [4.69, 9.17) is 18.5 Å². The molecule has 0 saturated carbocycles. The number of carbonyl (C=O) groups excluding carboxylic acids is 1. The van der Waals surface area contributed by atoms with Crippen LogP contribution in [0.5, 0.6) is 0 Å². The molecule has 2 radical (unpaired) electrons. The highest BCUT2D eigenvalue weighted by Crippen LogP contribution is 2.18. The van der Waals surface area contributed by atoms with Crippen LogP contribution in [0.1, 0.15) is 21.9 Å². The molecule has 2 heterocycles. The molecule has 0 saturated heterocycles. The number of anilines is 1. The van der Waals surface area contributed by atoms with Gasteiger partial charge in [0.1, 0.15) is 0 Å². The van der Waals surface area contributed by atoms with E-state index in [0.717, 1.165) is 0 Å². The highest BCUT2D eigenvalue weighted by Gasteiger charge is 2.21. The van der Waals surface area contributed by atoms with Crippen LogP contribution in [0.2, 0.25) is 0 Å². The zero-order valence-corrected chi connectivity index (χ0v) is 7.19. The molecule has 14 heavy (non-hydrogen) atoms. The first-order valence-electron chi connectivity index (χ1n) is 3.86. The first-order valence-corrected chi connectivity index (χ1v) is 3.86. The predicted molar refractivity (Wildman–Crippen MR) is 46.1 cm³/mol. The first-order chi connectivity index (χ1) is 6.72. The van der Waals surface area contributed by atoms with Crippen LogP contribution in [0.3, 0.4) is 0 Å². The van der Waals surface area contributed by atoms with E-state index in [1.165, 1.54) is 0 Å². The third-order valence-electron chi connectivity index (χ3n) is 1.86. The highest BCUT2D eigenvalue weighted by molar-refractivity contribution is 6.09. The molecule has 1 aliphatic heterocycles. The minimum absolute atomic E-state index is 0.00435. The van der Waals surface area contributed by atoms with Crippen LogP contribution in [0.25, 0.3) is 0 Å². The second kappa shape index (κ2) is 3.26. The van der Waals surface area contributed by atoms with Gasteiger partial charge < -0.3 is 15.1 Å². The van der Waals surface area contributed by atoms with Crippen LogP contribution < -0.4 is 5.73 Å². The van der Waals surface area contributed by atoms with Crippen molar-refractivity contribution in [3.8, 4) is 0 Å². The fourth-order valence-corrected chi connectivity index (χ4v) is 1.20. The van der Waals surface area contributed by atoms with Gasteiger partial charge in [0.05, 0.1) is 24.6 Å². The van der Waals surface area contributed by atoms with Crippen molar-refractivity contribution in [3.05, 3.63) is 17.1 Å². The van der Waals surface area contributed by atoms with Gasteiger partial charge in [-0.15, -0.1) is 0 Å². The van der Waals surface area contributed by atoms with E-state index in [0.29, 0.717) is 24.6 Å². The van der Waals surface area contributed by atoms with E-state index >= 15 is 0 Å². The third kappa shape index (κ3) is 1.31. The molecule has 0 spiro atoms. The van der Waals surface area contributed by atoms with E-state index < -0.39 is 5.97 Å². The smallest absolute Gasteiger partial charge is 0.378 e. The molecule has 1 aromatic rings. The molecular weight excluding hydrogens is 185 g/mol. The van der Waals surface area contributed by atoms with Crippen molar-refractivity contribution in [2.45, 2.75) is 13.2 Å². The number of nitrogens with zero attached hydrogens (tertiary/aromatic N) is 2. The van der Waals surface area contributed by atoms with Gasteiger partial charge in [0.2, 0.25) is 0 Å². The van der Waals surface area contributed by atoms with Crippen LogP contribution in [-0.2, 0) is 22.6 Å². The predicted octanol–water partition coefficient (Wildman–Crippen LogP) is -0.671. The number of fused-ring (bicyclic) bond motifs is 1. The van der Waals surface area contributed by atoms with Crippen LogP contribution in [0.15, 0.2) is 0 Å². The molecule has 0 fully saturated rings. The molecule has 0 unspecified atom stereocenters. The molecular formula is C7H6BN3O3. The van der Waals surface area contributed by atoms with Gasteiger partial charge in [-0.2, -0.15) is 0 Å². The molecule has 0 aliphatic carbocycles. The van der Waals surface area contributed by atoms with E-state index in [9.17, 15) is 4.79 Å². The molecule has 0 amide bonds. The van der Waals surface area contributed by atoms with Crippen LogP contribution in [0, 0.1) is 0 Å². The molecule has 2 rings (SSSR count). The van der Waals surface area contributed by atoms with E-state index in [-0.39, 0.29) is 11.5 Å². The second-order valence-electron chi connectivity index (χ2n) is 2.75. The van der Waals surface area contributed by atoms with Crippen molar-refractivity contribution in [1.29, 1.82) is 0 Å². The molecule has 6 nitrogen and oxygen atoms in total. The summed E-state index contributed by atoms with van der Waals surface area (Å²) in [7, 11) is 4.71. The van der Waals surface area contributed by atoms with Gasteiger partial charge in [-0.3, -0.25) is 0 Å². The minimum atomic E-state index is -0.801. The Bertz CT molecular complexity index is 396. The SMILES string of the molecule is [B]OC(=O)c1nc2c(nc1N)COC2. The summed E-state index contributed by atoms with van der Waals surface area (Å²) in [5.74, 6) is -0.797. The molecule has 0 aromatic carbocycles. The fraction of sp³-hybridized carbons (Fsp3) is 0.286. The first kappa shape index (κ1) is 8.95. The number of ether oxygens (including phenoxy) is 1. The Hall–Kier alpha value is -1.63. The Labute approximate surface area is 80.9 Å². The summed E-state index contributed by atoms with van der Waals surface area (Å²) in [6, 6.07) is 0. The number of nitrogens with two attached hydrogens (primary N) is 1. The topological polar surface area (TPSA) is 87.3 Å². The van der Waals surface area contributed by atoms with Gasteiger partial charge in [-0.1, -0.05) is 0 Å². The number of nitrogen functional groups attached to an aromatic ring is 1. The molecule has 70 valence electrons. The average Bonchev–Trinajstić information content (AvgIpc) is 2.62. The van der Waals surface area contributed by atoms with E-state index in [1.807, 2.05) is 0 Å². The molecule has 2 N–H and O–H groups in total. The lowest BCUT2D eigenvalue weighted by Crippen LogP contribution is -2.13. The Kier molecular flexibility index (Phi) is 2.09. The standard InChI is InChI=1S/C7H6BN3O3/c8-14-7(12)5-6(9)11-4-2-13-1-3(4)10-5/h1-2H2,(H2,9,11). The monoisotopic (exact) mass is 191 g/mol. The summed E-state index contributed by atoms with van der Waals surface area (Å²) >= 11 is 0. The Morgan fingerprint density at radius 1 is 1.43 bits per heavy atom. The maximum atomic E-state index is 11.1. The molecule has 0 atom stereocenters. The third-order valence-corrected chi connectivity index (χ3v) is 1.86. The van der Waals surface area contributed by atoms with Gasteiger partial charge in [0.25, 0.3) is 0 Å². The number of rotatable bonds is 1. The zero-order valence-electron chi connectivity index (χ0n) is 7.19. The van der Waals surface area contributed by atoms with Crippen molar-refractivity contribution in [1.82, 2.24) is 9.97 Å². The largest absolute Gasteiger partial charge is 0.539 e. The van der Waals surface area contributed by atoms with Gasteiger partial charge in [-0.25, -0.2) is 14.8 Å². The van der Waals surface area contributed by atoms with Crippen molar-refractivity contribution in [3.63, 3.8) is 0 Å². The lowest BCUT2D eigenvalue weighted by Gasteiger charge is -2.04. The summed E-state index contributed by atoms with van der Waals surface area (Å²) < 4.78 is 9.09. The minimum Gasteiger partial charge on any atom is -0.539 e. The summed E-state index contributed by atoms with van der Waals surface area (Å²) in [6.07, 6.45) is 0. The number of hydrogen-bond acceptors (Lipinski definition) is 6. The van der Waals surface area contributed by atoms with Crippen molar-refractivity contribution >= 4 is 19.8 Å². The van der Waals surface area contributed by atoms with Crippen molar-refractivity contribution in [2.24, 2.45) is 0 Å². The van der Waals surface area contributed by atoms with Gasteiger partial charge in [0, 0.05) is 0 Å². The van der Waals surface area contributed by atoms with Crippen molar-refractivity contribution in [2.75, 3.05) is 5.73 Å². The zero-order chi connectivity index (χ0) is 10.1. The van der Waals surface area contributed by atoms with Crippen LogP contribution >= 0.6 is 0 Å². The lowest BCUT2D eigenvalue weighted by atomic mass is 10.3. The van der Waals surface area contributed by atoms with Gasteiger partial charge in [-0.05, 0) is 0 Å². The highest BCUT2D eigenvalue weighted by atomic mass is 16.5. The summed E-state index contributed by atoms with van der Waals surface area (Å²) in [6.45, 7) is 0.692. The fourth-order valence-electron chi connectivity index (χ4n) is 1.20. The Morgan fingerprint density at radius 2 is 2.07 bits per heavy atom.